The first-order valence-corrected chi connectivity index (χ1v) is 7.73. The van der Waals surface area contributed by atoms with Crippen molar-refractivity contribution in [1.82, 2.24) is 4.90 Å². The van der Waals surface area contributed by atoms with E-state index in [9.17, 15) is 0 Å². The number of aryl methyl sites for hydroxylation is 1. The average Bonchev–Trinajstić information content (AvgIpc) is 2.92. The van der Waals surface area contributed by atoms with Crippen LogP contribution >= 0.6 is 0 Å². The molecule has 4 unspecified atom stereocenters. The van der Waals surface area contributed by atoms with Crippen molar-refractivity contribution in [2.75, 3.05) is 27.3 Å². The summed E-state index contributed by atoms with van der Waals surface area (Å²) in [6.45, 7) is 6.03. The summed E-state index contributed by atoms with van der Waals surface area (Å²) in [5.41, 5.74) is 9.06. The van der Waals surface area contributed by atoms with Crippen LogP contribution in [0.3, 0.4) is 0 Å². The monoisotopic (exact) mass is 292 g/mol. The molecule has 4 nitrogen and oxygen atoms in total. The number of methoxy groups -OCH3 is 2. The SMILES string of the molecule is CCC(N)C(c1ccccc1C)N1CC(OC)C(OC)C1. The fraction of sp³-hybridized carbons (Fsp3) is 0.647. The van der Waals surface area contributed by atoms with Gasteiger partial charge in [-0.3, -0.25) is 4.90 Å². The van der Waals surface area contributed by atoms with Crippen molar-refractivity contribution in [3.8, 4) is 0 Å². The molecule has 1 aliphatic rings. The molecular weight excluding hydrogens is 264 g/mol. The van der Waals surface area contributed by atoms with Crippen molar-refractivity contribution in [2.45, 2.75) is 44.6 Å². The van der Waals surface area contributed by atoms with Crippen LogP contribution in [0.25, 0.3) is 0 Å². The molecule has 0 bridgehead atoms. The largest absolute Gasteiger partial charge is 0.377 e. The van der Waals surface area contributed by atoms with E-state index in [1.165, 1.54) is 11.1 Å². The van der Waals surface area contributed by atoms with Gasteiger partial charge in [-0.15, -0.1) is 0 Å². The van der Waals surface area contributed by atoms with E-state index < -0.39 is 0 Å². The Balaban J connectivity index is 2.28. The van der Waals surface area contributed by atoms with Crippen LogP contribution < -0.4 is 5.73 Å². The minimum atomic E-state index is 0.110. The molecule has 1 aliphatic heterocycles. The molecule has 21 heavy (non-hydrogen) atoms. The fourth-order valence-electron chi connectivity index (χ4n) is 3.29. The quantitative estimate of drug-likeness (QED) is 0.872. The van der Waals surface area contributed by atoms with Gasteiger partial charge < -0.3 is 15.2 Å². The Morgan fingerprint density at radius 1 is 1.19 bits per heavy atom. The number of rotatable bonds is 6. The zero-order valence-corrected chi connectivity index (χ0v) is 13.6. The fourth-order valence-corrected chi connectivity index (χ4v) is 3.29. The smallest absolute Gasteiger partial charge is 0.0972 e. The molecule has 4 atom stereocenters. The Morgan fingerprint density at radius 2 is 1.76 bits per heavy atom. The normalized spacial score (nSPS) is 26.0. The van der Waals surface area contributed by atoms with Crippen molar-refractivity contribution in [1.29, 1.82) is 0 Å². The predicted octanol–water partition coefficient (Wildman–Crippen LogP) is 2.12. The topological polar surface area (TPSA) is 47.7 Å². The maximum Gasteiger partial charge on any atom is 0.0972 e. The van der Waals surface area contributed by atoms with Crippen molar-refractivity contribution in [3.05, 3.63) is 35.4 Å². The lowest BCUT2D eigenvalue weighted by Crippen LogP contribution is -2.40. The van der Waals surface area contributed by atoms with Gasteiger partial charge in [0, 0.05) is 33.4 Å². The number of likely N-dealkylation sites (tertiary alicyclic amines) is 1. The van der Waals surface area contributed by atoms with Crippen LogP contribution in [0.15, 0.2) is 24.3 Å². The second-order valence-corrected chi connectivity index (χ2v) is 5.88. The third-order valence-corrected chi connectivity index (χ3v) is 4.63. The Bertz CT molecular complexity index is 440. The summed E-state index contributed by atoms with van der Waals surface area (Å²) in [6, 6.07) is 8.84. The van der Waals surface area contributed by atoms with Crippen LogP contribution in [0.5, 0.6) is 0 Å². The van der Waals surface area contributed by atoms with Crippen LogP contribution in [0.4, 0.5) is 0 Å². The van der Waals surface area contributed by atoms with Gasteiger partial charge in [0.1, 0.15) is 0 Å². The molecule has 1 aromatic rings. The van der Waals surface area contributed by atoms with Gasteiger partial charge in [-0.05, 0) is 24.5 Å². The number of hydrogen-bond acceptors (Lipinski definition) is 4. The first kappa shape index (κ1) is 16.4. The molecule has 1 fully saturated rings. The lowest BCUT2D eigenvalue weighted by atomic mass is 9.93. The number of nitrogens with two attached hydrogens (primary N) is 1. The highest BCUT2D eigenvalue weighted by molar-refractivity contribution is 5.30. The van der Waals surface area contributed by atoms with Gasteiger partial charge in [0.05, 0.1) is 18.2 Å². The molecule has 0 amide bonds. The number of hydrogen-bond donors (Lipinski definition) is 1. The van der Waals surface area contributed by atoms with E-state index in [2.05, 4.69) is 43.0 Å². The molecule has 0 aromatic heterocycles. The van der Waals surface area contributed by atoms with Gasteiger partial charge in [0.15, 0.2) is 0 Å². The predicted molar refractivity (Wildman–Crippen MR) is 85.4 cm³/mol. The van der Waals surface area contributed by atoms with Crippen molar-refractivity contribution < 1.29 is 9.47 Å². The van der Waals surface area contributed by atoms with Gasteiger partial charge in [-0.1, -0.05) is 31.2 Å². The molecule has 1 aromatic carbocycles. The van der Waals surface area contributed by atoms with Crippen LogP contribution in [-0.2, 0) is 9.47 Å². The maximum atomic E-state index is 6.45. The highest BCUT2D eigenvalue weighted by Crippen LogP contribution is 2.32. The lowest BCUT2D eigenvalue weighted by Gasteiger charge is -2.33. The number of nitrogens with zero attached hydrogens (tertiary/aromatic N) is 1. The molecular formula is C17H28N2O2. The molecule has 118 valence electrons. The minimum absolute atomic E-state index is 0.110. The zero-order chi connectivity index (χ0) is 15.4. The van der Waals surface area contributed by atoms with E-state index in [4.69, 9.17) is 15.2 Å². The third kappa shape index (κ3) is 3.46. The van der Waals surface area contributed by atoms with Crippen LogP contribution in [0.1, 0.15) is 30.5 Å². The van der Waals surface area contributed by atoms with Crippen molar-refractivity contribution in [2.24, 2.45) is 5.73 Å². The summed E-state index contributed by atoms with van der Waals surface area (Å²) in [7, 11) is 3.51. The van der Waals surface area contributed by atoms with Crippen LogP contribution in [0.2, 0.25) is 0 Å². The van der Waals surface area contributed by atoms with E-state index in [0.717, 1.165) is 19.5 Å². The maximum absolute atomic E-state index is 6.45. The first-order chi connectivity index (χ1) is 10.1. The number of benzene rings is 1. The van der Waals surface area contributed by atoms with E-state index in [0.29, 0.717) is 0 Å². The molecule has 0 spiro atoms. The molecule has 4 heteroatoms. The van der Waals surface area contributed by atoms with Gasteiger partial charge in [0.2, 0.25) is 0 Å². The summed E-state index contributed by atoms with van der Waals surface area (Å²) >= 11 is 0. The highest BCUT2D eigenvalue weighted by atomic mass is 16.5. The highest BCUT2D eigenvalue weighted by Gasteiger charge is 2.38. The molecule has 0 radical (unpaired) electrons. The van der Waals surface area contributed by atoms with E-state index in [1.54, 1.807) is 14.2 Å². The molecule has 0 saturated carbocycles. The molecule has 2 N–H and O–H groups in total. The molecule has 2 rings (SSSR count). The lowest BCUT2D eigenvalue weighted by molar-refractivity contribution is -0.00461. The van der Waals surface area contributed by atoms with Gasteiger partial charge >= 0.3 is 0 Å². The molecule has 0 aliphatic carbocycles. The van der Waals surface area contributed by atoms with Crippen molar-refractivity contribution in [3.63, 3.8) is 0 Å². The summed E-state index contributed by atoms with van der Waals surface area (Å²) in [5, 5.41) is 0. The van der Waals surface area contributed by atoms with Gasteiger partial charge in [-0.2, -0.15) is 0 Å². The molecule has 1 saturated heterocycles. The summed E-state index contributed by atoms with van der Waals surface area (Å²) in [5.74, 6) is 0. The van der Waals surface area contributed by atoms with Crippen molar-refractivity contribution >= 4 is 0 Å². The summed E-state index contributed by atoms with van der Waals surface area (Å²) < 4.78 is 11.1. The molecule has 1 heterocycles. The van der Waals surface area contributed by atoms with E-state index in [1.807, 2.05) is 0 Å². The third-order valence-electron chi connectivity index (χ3n) is 4.63. The van der Waals surface area contributed by atoms with Crippen LogP contribution in [0, 0.1) is 6.92 Å². The average molecular weight is 292 g/mol. The Morgan fingerprint density at radius 3 is 2.24 bits per heavy atom. The second-order valence-electron chi connectivity index (χ2n) is 5.88. The van der Waals surface area contributed by atoms with Gasteiger partial charge in [0.25, 0.3) is 0 Å². The summed E-state index contributed by atoms with van der Waals surface area (Å²) in [6.07, 6.45) is 1.18. The Hall–Kier alpha value is -0.940. The Labute approximate surface area is 128 Å². The second kappa shape index (κ2) is 7.36. The minimum Gasteiger partial charge on any atom is -0.377 e. The van der Waals surface area contributed by atoms with E-state index in [-0.39, 0.29) is 24.3 Å². The summed E-state index contributed by atoms with van der Waals surface area (Å²) in [4.78, 5) is 2.42. The van der Waals surface area contributed by atoms with Crippen LogP contribution in [-0.4, -0.2) is 50.5 Å². The Kier molecular flexibility index (Phi) is 5.76. The zero-order valence-electron chi connectivity index (χ0n) is 13.6. The van der Waals surface area contributed by atoms with Gasteiger partial charge in [-0.25, -0.2) is 0 Å². The number of ether oxygens (including phenoxy) is 2. The standard InChI is InChI=1S/C17H28N2O2/c1-5-14(18)17(13-9-7-6-8-12(13)2)19-10-15(20-3)16(11-19)21-4/h6-9,14-17H,5,10-11,18H2,1-4H3. The first-order valence-electron chi connectivity index (χ1n) is 7.73. The van der Waals surface area contributed by atoms with E-state index >= 15 is 0 Å².